The summed E-state index contributed by atoms with van der Waals surface area (Å²) in [6, 6.07) is 0. The molecule has 0 amide bonds. The van der Waals surface area contributed by atoms with Crippen molar-refractivity contribution in [3.8, 4) is 0 Å². The Morgan fingerprint density at radius 2 is 2.05 bits per heavy atom. The van der Waals surface area contributed by atoms with E-state index in [-0.39, 0.29) is 16.6 Å². The Kier molecular flexibility index (Phi) is 3.21. The van der Waals surface area contributed by atoms with Gasteiger partial charge in [-0.2, -0.15) is 0 Å². The first-order valence-corrected chi connectivity index (χ1v) is 9.06. The van der Waals surface area contributed by atoms with Gasteiger partial charge in [0.1, 0.15) is 0 Å². The summed E-state index contributed by atoms with van der Waals surface area (Å²) < 4.78 is 0. The van der Waals surface area contributed by atoms with Crippen LogP contribution in [-0.2, 0) is 4.79 Å². The smallest absolute Gasteiger partial charge is 0.178 e. The highest BCUT2D eigenvalue weighted by Crippen LogP contribution is 2.65. The first-order valence-electron chi connectivity index (χ1n) is 9.06. The van der Waals surface area contributed by atoms with Crippen LogP contribution in [0, 0.1) is 34.5 Å². The number of allylic oxidation sites excluding steroid dienone is 4. The molecule has 3 fully saturated rings. The maximum Gasteiger partial charge on any atom is 0.178 e. The topological polar surface area (TPSA) is 37.3 Å². The van der Waals surface area contributed by atoms with Crippen LogP contribution in [0.25, 0.3) is 0 Å². The maximum atomic E-state index is 11.7. The number of fused-ring (bicyclic) bond motifs is 5. The van der Waals surface area contributed by atoms with Gasteiger partial charge >= 0.3 is 0 Å². The molecule has 0 aromatic heterocycles. The Labute approximate surface area is 133 Å². The molecule has 0 aromatic carbocycles. The third-order valence-corrected chi connectivity index (χ3v) is 8.00. The van der Waals surface area contributed by atoms with Crippen LogP contribution < -0.4 is 0 Å². The second-order valence-electron chi connectivity index (χ2n) is 8.51. The molecular weight excluding hydrogens is 272 g/mol. The fourth-order valence-corrected chi connectivity index (χ4v) is 6.62. The van der Waals surface area contributed by atoms with Crippen LogP contribution in [0.4, 0.5) is 0 Å². The fourth-order valence-electron chi connectivity index (χ4n) is 6.62. The number of aliphatic hydroxyl groups excluding tert-OH is 1. The maximum absolute atomic E-state index is 11.7. The van der Waals surface area contributed by atoms with Gasteiger partial charge in [0.15, 0.2) is 5.78 Å². The van der Waals surface area contributed by atoms with Crippen LogP contribution in [0.15, 0.2) is 23.8 Å². The van der Waals surface area contributed by atoms with Crippen molar-refractivity contribution in [3.05, 3.63) is 23.8 Å². The number of ketones is 1. The van der Waals surface area contributed by atoms with Crippen molar-refractivity contribution >= 4 is 5.78 Å². The first-order chi connectivity index (χ1) is 10.5. The molecule has 0 saturated heterocycles. The van der Waals surface area contributed by atoms with Gasteiger partial charge in [-0.05, 0) is 79.8 Å². The van der Waals surface area contributed by atoms with Gasteiger partial charge in [-0.25, -0.2) is 0 Å². The molecule has 0 radical (unpaired) electrons. The average molecular weight is 300 g/mol. The number of hydrogen-bond acceptors (Lipinski definition) is 2. The van der Waals surface area contributed by atoms with E-state index in [9.17, 15) is 9.90 Å². The highest BCUT2D eigenvalue weighted by Gasteiger charge is 2.59. The molecule has 0 spiro atoms. The third-order valence-electron chi connectivity index (χ3n) is 8.00. The third kappa shape index (κ3) is 1.73. The molecule has 3 saturated carbocycles. The van der Waals surface area contributed by atoms with E-state index >= 15 is 0 Å². The van der Waals surface area contributed by atoms with Crippen molar-refractivity contribution in [3.63, 3.8) is 0 Å². The summed E-state index contributed by atoms with van der Waals surface area (Å²) in [5, 5.41) is 10.2. The van der Waals surface area contributed by atoms with Gasteiger partial charge in [0.05, 0.1) is 0 Å². The predicted octanol–water partition coefficient (Wildman–Crippen LogP) is 3.90. The highest BCUT2D eigenvalue weighted by atomic mass is 16.3. The number of carbonyl (C=O) groups is 1. The van der Waals surface area contributed by atoms with Crippen LogP contribution in [0.5, 0.6) is 0 Å². The summed E-state index contributed by atoms with van der Waals surface area (Å²) in [5.74, 6) is 2.91. The van der Waals surface area contributed by atoms with Crippen molar-refractivity contribution < 1.29 is 9.90 Å². The van der Waals surface area contributed by atoms with E-state index in [4.69, 9.17) is 0 Å². The van der Waals surface area contributed by atoms with Crippen LogP contribution >= 0.6 is 0 Å². The summed E-state index contributed by atoms with van der Waals surface area (Å²) in [4.78, 5) is 11.7. The number of rotatable bonds is 1. The lowest BCUT2D eigenvalue weighted by atomic mass is 9.47. The Morgan fingerprint density at radius 3 is 2.82 bits per heavy atom. The van der Waals surface area contributed by atoms with Crippen LogP contribution in [0.2, 0.25) is 0 Å². The Balaban J connectivity index is 1.71. The lowest BCUT2D eigenvalue weighted by Crippen LogP contribution is -2.51. The summed E-state index contributed by atoms with van der Waals surface area (Å²) >= 11 is 0. The zero-order valence-electron chi connectivity index (χ0n) is 13.8. The Bertz CT molecular complexity index is 560. The van der Waals surface area contributed by atoms with E-state index in [2.05, 4.69) is 19.9 Å². The summed E-state index contributed by atoms with van der Waals surface area (Å²) in [5.41, 5.74) is 1.64. The van der Waals surface area contributed by atoms with Crippen molar-refractivity contribution in [2.75, 3.05) is 6.61 Å². The second-order valence-corrected chi connectivity index (χ2v) is 8.51. The van der Waals surface area contributed by atoms with E-state index < -0.39 is 0 Å². The predicted molar refractivity (Wildman–Crippen MR) is 87.2 cm³/mol. The second kappa shape index (κ2) is 4.80. The monoisotopic (exact) mass is 300 g/mol. The van der Waals surface area contributed by atoms with Crippen molar-refractivity contribution in [1.82, 2.24) is 0 Å². The Hall–Kier alpha value is -0.890. The lowest BCUT2D eigenvalue weighted by Gasteiger charge is -2.57. The average Bonchev–Trinajstić information content (AvgIpc) is 2.86. The van der Waals surface area contributed by atoms with Gasteiger partial charge in [0.25, 0.3) is 0 Å². The minimum absolute atomic E-state index is 0.0876. The van der Waals surface area contributed by atoms with Crippen molar-refractivity contribution in [2.24, 2.45) is 34.5 Å². The molecule has 2 heteroatoms. The van der Waals surface area contributed by atoms with Gasteiger partial charge in [0, 0.05) is 12.0 Å². The van der Waals surface area contributed by atoms with Crippen LogP contribution in [0.1, 0.15) is 52.4 Å². The molecule has 0 aromatic rings. The molecule has 0 bridgehead atoms. The largest absolute Gasteiger partial charge is 0.396 e. The molecule has 0 aliphatic heterocycles. The quantitative estimate of drug-likeness (QED) is 0.797. The molecule has 1 N–H and O–H groups in total. The normalized spacial score (nSPS) is 50.1. The van der Waals surface area contributed by atoms with Gasteiger partial charge in [0.2, 0.25) is 0 Å². The summed E-state index contributed by atoms with van der Waals surface area (Å²) in [6.45, 7) is 5.07. The lowest BCUT2D eigenvalue weighted by molar-refractivity contribution is -0.111. The fraction of sp³-hybridized carbons (Fsp3) is 0.750. The molecule has 4 aliphatic rings. The summed E-state index contributed by atoms with van der Waals surface area (Å²) in [7, 11) is 0. The molecule has 2 nitrogen and oxygen atoms in total. The molecule has 0 heterocycles. The molecule has 4 rings (SSSR count). The van der Waals surface area contributed by atoms with E-state index in [0.717, 1.165) is 12.3 Å². The van der Waals surface area contributed by atoms with E-state index in [0.29, 0.717) is 24.4 Å². The molecule has 22 heavy (non-hydrogen) atoms. The summed E-state index contributed by atoms with van der Waals surface area (Å²) in [6.07, 6.45) is 13.1. The van der Waals surface area contributed by atoms with Gasteiger partial charge in [-0.1, -0.05) is 25.5 Å². The zero-order valence-corrected chi connectivity index (χ0v) is 13.8. The molecule has 4 aliphatic carbocycles. The number of carbonyl (C=O) groups excluding carboxylic acids is 1. The van der Waals surface area contributed by atoms with Crippen LogP contribution in [0.3, 0.4) is 0 Å². The van der Waals surface area contributed by atoms with E-state index in [1.807, 2.05) is 6.08 Å². The minimum atomic E-state index is 0.0876. The Morgan fingerprint density at radius 1 is 1.23 bits per heavy atom. The van der Waals surface area contributed by atoms with Gasteiger partial charge < -0.3 is 5.11 Å². The number of aliphatic hydroxyl groups is 1. The van der Waals surface area contributed by atoms with Crippen LogP contribution in [-0.4, -0.2) is 17.5 Å². The number of hydrogen-bond donors (Lipinski definition) is 1. The minimum Gasteiger partial charge on any atom is -0.396 e. The van der Waals surface area contributed by atoms with E-state index in [1.165, 1.54) is 37.7 Å². The molecule has 1 unspecified atom stereocenters. The zero-order chi connectivity index (χ0) is 15.5. The van der Waals surface area contributed by atoms with Gasteiger partial charge in [-0.15, -0.1) is 0 Å². The molecular formula is C20H28O2. The first kappa shape index (κ1) is 14.7. The van der Waals surface area contributed by atoms with Crippen molar-refractivity contribution in [1.29, 1.82) is 0 Å². The van der Waals surface area contributed by atoms with E-state index in [1.54, 1.807) is 6.08 Å². The van der Waals surface area contributed by atoms with Gasteiger partial charge in [-0.3, -0.25) is 4.79 Å². The SMILES string of the molecule is CC1CC[C@H]2[C@@H]3CCC4=CC(=O)C=C[C@]4(C)[C@H]3CC[C@]12CO. The highest BCUT2D eigenvalue weighted by molar-refractivity contribution is 6.01. The van der Waals surface area contributed by atoms with Crippen molar-refractivity contribution in [2.45, 2.75) is 52.4 Å². The molecule has 6 atom stereocenters. The standard InChI is InChI=1S/C20H28O2/c1-13-3-6-18-16-5-4-14-11-15(22)7-9-19(14,2)17(16)8-10-20(13,18)12-21/h7,9,11,13,16-18,21H,3-6,8,10,12H2,1-2H3/t13?,16-,17+,18+,19+,20+/m1/s1. The molecule has 120 valence electrons.